The van der Waals surface area contributed by atoms with Crippen molar-refractivity contribution in [3.8, 4) is 6.07 Å². The van der Waals surface area contributed by atoms with E-state index in [4.69, 9.17) is 10.00 Å². The Labute approximate surface area is 111 Å². The lowest BCUT2D eigenvalue weighted by Crippen LogP contribution is -2.42. The van der Waals surface area contributed by atoms with Crippen LogP contribution in [0.15, 0.2) is 24.3 Å². The first kappa shape index (κ1) is 13.7. The van der Waals surface area contributed by atoms with Crippen molar-refractivity contribution in [2.45, 2.75) is 12.5 Å². The van der Waals surface area contributed by atoms with E-state index in [0.717, 1.165) is 6.54 Å². The SMILES string of the molecule is N#CC1CN(CCC(=O)c2ccc(F)cc2)CCO1. The lowest BCUT2D eigenvalue weighted by atomic mass is 10.1. The van der Waals surface area contributed by atoms with Crippen LogP contribution < -0.4 is 0 Å². The van der Waals surface area contributed by atoms with Gasteiger partial charge in [0.25, 0.3) is 0 Å². The largest absolute Gasteiger partial charge is 0.361 e. The molecule has 0 bridgehead atoms. The van der Waals surface area contributed by atoms with Gasteiger partial charge in [0.05, 0.1) is 12.7 Å². The molecule has 0 aromatic heterocycles. The highest BCUT2D eigenvalue weighted by molar-refractivity contribution is 5.96. The van der Waals surface area contributed by atoms with Crippen molar-refractivity contribution in [3.05, 3.63) is 35.6 Å². The molecular formula is C14H15FN2O2. The Bertz CT molecular complexity index is 481. The van der Waals surface area contributed by atoms with Crippen molar-refractivity contribution < 1.29 is 13.9 Å². The number of halogens is 1. The minimum Gasteiger partial charge on any atom is -0.361 e. The highest BCUT2D eigenvalue weighted by atomic mass is 19.1. The molecule has 0 radical (unpaired) electrons. The van der Waals surface area contributed by atoms with Gasteiger partial charge in [-0.05, 0) is 24.3 Å². The van der Waals surface area contributed by atoms with Gasteiger partial charge >= 0.3 is 0 Å². The van der Waals surface area contributed by atoms with Crippen molar-refractivity contribution in [3.63, 3.8) is 0 Å². The number of benzene rings is 1. The lowest BCUT2D eigenvalue weighted by Gasteiger charge is -2.29. The molecule has 5 heteroatoms. The predicted octanol–water partition coefficient (Wildman–Crippen LogP) is 1.62. The molecule has 0 saturated carbocycles. The molecule has 1 aliphatic heterocycles. The van der Waals surface area contributed by atoms with E-state index in [1.165, 1.54) is 24.3 Å². The Morgan fingerprint density at radius 3 is 2.89 bits per heavy atom. The average molecular weight is 262 g/mol. The van der Waals surface area contributed by atoms with Crippen LogP contribution in [0.3, 0.4) is 0 Å². The van der Waals surface area contributed by atoms with Crippen LogP contribution >= 0.6 is 0 Å². The first-order valence-electron chi connectivity index (χ1n) is 6.21. The number of nitrogens with zero attached hydrogens (tertiary/aromatic N) is 2. The summed E-state index contributed by atoms with van der Waals surface area (Å²) in [6.45, 7) is 2.38. The second kappa shape index (κ2) is 6.41. The van der Waals surface area contributed by atoms with Crippen LogP contribution in [0.2, 0.25) is 0 Å². The highest BCUT2D eigenvalue weighted by Gasteiger charge is 2.20. The molecule has 19 heavy (non-hydrogen) atoms. The fourth-order valence-electron chi connectivity index (χ4n) is 2.02. The summed E-state index contributed by atoms with van der Waals surface area (Å²) in [5.41, 5.74) is 0.520. The number of ether oxygens (including phenoxy) is 1. The maximum Gasteiger partial charge on any atom is 0.164 e. The molecule has 1 saturated heterocycles. The van der Waals surface area contributed by atoms with Gasteiger partial charge in [-0.2, -0.15) is 5.26 Å². The van der Waals surface area contributed by atoms with E-state index in [9.17, 15) is 9.18 Å². The van der Waals surface area contributed by atoms with Crippen molar-refractivity contribution in [1.82, 2.24) is 4.90 Å². The lowest BCUT2D eigenvalue weighted by molar-refractivity contribution is 0.000555. The number of hydrogen-bond acceptors (Lipinski definition) is 4. The molecule has 1 aromatic carbocycles. The van der Waals surface area contributed by atoms with E-state index in [1.54, 1.807) is 0 Å². The van der Waals surface area contributed by atoms with Crippen molar-refractivity contribution >= 4 is 5.78 Å². The number of hydrogen-bond donors (Lipinski definition) is 0. The number of carbonyl (C=O) groups is 1. The molecule has 4 nitrogen and oxygen atoms in total. The molecule has 0 N–H and O–H groups in total. The number of carbonyl (C=O) groups excluding carboxylic acids is 1. The summed E-state index contributed by atoms with van der Waals surface area (Å²) in [6.07, 6.45) is -0.0428. The molecule has 0 spiro atoms. The zero-order valence-corrected chi connectivity index (χ0v) is 10.5. The minimum atomic E-state index is -0.408. The molecule has 2 rings (SSSR count). The number of morpholine rings is 1. The van der Waals surface area contributed by atoms with Crippen LogP contribution in [-0.2, 0) is 4.74 Å². The number of Topliss-reactive ketones (excluding diaryl/α,β-unsaturated/α-hetero) is 1. The normalized spacial score (nSPS) is 19.9. The van der Waals surface area contributed by atoms with Gasteiger partial charge < -0.3 is 4.74 Å². The summed E-state index contributed by atoms with van der Waals surface area (Å²) >= 11 is 0. The van der Waals surface area contributed by atoms with Gasteiger partial charge in [0.15, 0.2) is 11.9 Å². The molecule has 100 valence electrons. The summed E-state index contributed by atoms with van der Waals surface area (Å²) in [6, 6.07) is 7.63. The molecule has 0 aliphatic carbocycles. The molecule has 1 aromatic rings. The maximum absolute atomic E-state index is 12.7. The quantitative estimate of drug-likeness (QED) is 0.774. The fraction of sp³-hybridized carbons (Fsp3) is 0.429. The van der Waals surface area contributed by atoms with E-state index < -0.39 is 6.10 Å². The Hall–Kier alpha value is -1.77. The highest BCUT2D eigenvalue weighted by Crippen LogP contribution is 2.09. The van der Waals surface area contributed by atoms with Crippen LogP contribution in [0.1, 0.15) is 16.8 Å². The van der Waals surface area contributed by atoms with E-state index in [2.05, 4.69) is 6.07 Å². The number of rotatable bonds is 4. The first-order valence-corrected chi connectivity index (χ1v) is 6.21. The summed E-state index contributed by atoms with van der Waals surface area (Å²) in [5, 5.41) is 8.79. The Morgan fingerprint density at radius 1 is 1.47 bits per heavy atom. The third-order valence-electron chi connectivity index (χ3n) is 3.12. The van der Waals surface area contributed by atoms with Gasteiger partial charge in [-0.3, -0.25) is 9.69 Å². The first-order chi connectivity index (χ1) is 9.19. The second-order valence-corrected chi connectivity index (χ2v) is 4.47. The molecule has 1 unspecified atom stereocenters. The molecule has 0 amide bonds. The Kier molecular flexibility index (Phi) is 4.61. The summed E-state index contributed by atoms with van der Waals surface area (Å²) in [4.78, 5) is 13.9. The van der Waals surface area contributed by atoms with Crippen LogP contribution in [0, 0.1) is 17.1 Å². The van der Waals surface area contributed by atoms with Gasteiger partial charge in [-0.15, -0.1) is 0 Å². The monoisotopic (exact) mass is 262 g/mol. The topological polar surface area (TPSA) is 53.3 Å². The third kappa shape index (κ3) is 3.85. The Balaban J connectivity index is 1.83. The summed E-state index contributed by atoms with van der Waals surface area (Å²) in [7, 11) is 0. The number of nitriles is 1. The van der Waals surface area contributed by atoms with Crippen molar-refractivity contribution in [1.29, 1.82) is 5.26 Å². The molecule has 1 aliphatic rings. The van der Waals surface area contributed by atoms with E-state index >= 15 is 0 Å². The standard InChI is InChI=1S/C14H15FN2O2/c15-12-3-1-11(2-4-12)14(18)5-6-17-7-8-19-13(9-16)10-17/h1-4,13H,5-8,10H2. The van der Waals surface area contributed by atoms with Gasteiger partial charge in [-0.1, -0.05) is 0 Å². The van der Waals surface area contributed by atoms with Crippen LogP contribution in [0.4, 0.5) is 4.39 Å². The van der Waals surface area contributed by atoms with Crippen LogP contribution in [0.25, 0.3) is 0 Å². The van der Waals surface area contributed by atoms with E-state index in [0.29, 0.717) is 31.7 Å². The van der Waals surface area contributed by atoms with Crippen LogP contribution in [-0.4, -0.2) is 43.0 Å². The molecule has 1 atom stereocenters. The van der Waals surface area contributed by atoms with Crippen molar-refractivity contribution in [2.75, 3.05) is 26.2 Å². The second-order valence-electron chi connectivity index (χ2n) is 4.47. The van der Waals surface area contributed by atoms with Crippen LogP contribution in [0.5, 0.6) is 0 Å². The zero-order valence-electron chi connectivity index (χ0n) is 10.5. The summed E-state index contributed by atoms with van der Waals surface area (Å²) in [5.74, 6) is -0.360. The van der Waals surface area contributed by atoms with E-state index in [-0.39, 0.29) is 11.6 Å². The fourth-order valence-corrected chi connectivity index (χ4v) is 2.02. The predicted molar refractivity (Wildman–Crippen MR) is 67.1 cm³/mol. The smallest absolute Gasteiger partial charge is 0.164 e. The summed E-state index contributed by atoms with van der Waals surface area (Å²) < 4.78 is 18.0. The zero-order chi connectivity index (χ0) is 13.7. The molecule has 1 fully saturated rings. The third-order valence-corrected chi connectivity index (χ3v) is 3.12. The van der Waals surface area contributed by atoms with Gasteiger partial charge in [0.2, 0.25) is 0 Å². The molecule has 1 heterocycles. The van der Waals surface area contributed by atoms with Gasteiger partial charge in [-0.25, -0.2) is 4.39 Å². The van der Waals surface area contributed by atoms with Gasteiger partial charge in [0.1, 0.15) is 5.82 Å². The molecular weight excluding hydrogens is 247 g/mol. The van der Waals surface area contributed by atoms with Crippen molar-refractivity contribution in [2.24, 2.45) is 0 Å². The Morgan fingerprint density at radius 2 is 2.21 bits per heavy atom. The minimum absolute atomic E-state index is 0.0139. The average Bonchev–Trinajstić information content (AvgIpc) is 2.46. The maximum atomic E-state index is 12.7. The number of ketones is 1. The van der Waals surface area contributed by atoms with E-state index in [1.807, 2.05) is 4.90 Å². The van der Waals surface area contributed by atoms with Gasteiger partial charge in [0, 0.05) is 31.6 Å².